The van der Waals surface area contributed by atoms with Crippen LogP contribution < -0.4 is 5.32 Å². The largest absolute Gasteiger partial charge is 0.471 e. The van der Waals surface area contributed by atoms with Gasteiger partial charge in [0.1, 0.15) is 0 Å². The van der Waals surface area contributed by atoms with Gasteiger partial charge in [0.15, 0.2) is 8.32 Å². The van der Waals surface area contributed by atoms with Crippen LogP contribution >= 0.6 is 0 Å². The van der Waals surface area contributed by atoms with Gasteiger partial charge in [-0.05, 0) is 74.9 Å². The van der Waals surface area contributed by atoms with Crippen LogP contribution in [0.1, 0.15) is 44.7 Å². The maximum Gasteiger partial charge on any atom is 0.471 e. The van der Waals surface area contributed by atoms with Crippen molar-refractivity contribution < 1.29 is 22.4 Å². The average Bonchev–Trinajstić information content (AvgIpc) is 2.65. The van der Waals surface area contributed by atoms with Gasteiger partial charge in [0, 0.05) is 17.2 Å². The fraction of sp³-hybridized carbons (Fsp3) is 0.609. The van der Waals surface area contributed by atoms with Gasteiger partial charge in [-0.1, -0.05) is 32.6 Å². The fourth-order valence-electron chi connectivity index (χ4n) is 2.92. The Morgan fingerprint density at radius 1 is 1.23 bits per heavy atom. The molecule has 1 heterocycles. The van der Waals surface area contributed by atoms with Crippen molar-refractivity contribution in [3.63, 3.8) is 0 Å². The first-order valence-electron chi connectivity index (χ1n) is 10.5. The van der Waals surface area contributed by atoms with Crippen LogP contribution in [0.5, 0.6) is 0 Å². The van der Waals surface area contributed by atoms with Gasteiger partial charge in [0.25, 0.3) is 0 Å². The van der Waals surface area contributed by atoms with Crippen molar-refractivity contribution in [2.75, 3.05) is 25.5 Å². The zero-order valence-corrected chi connectivity index (χ0v) is 20.2. The summed E-state index contributed by atoms with van der Waals surface area (Å²) >= 11 is 0. The van der Waals surface area contributed by atoms with Crippen LogP contribution in [-0.2, 0) is 15.8 Å². The number of benzene rings is 1. The molecule has 1 saturated heterocycles. The van der Waals surface area contributed by atoms with Gasteiger partial charge in [-0.3, -0.25) is 4.79 Å². The summed E-state index contributed by atoms with van der Waals surface area (Å²) in [6.07, 6.45) is -2.94. The number of carbonyl (C=O) groups is 1. The first kappa shape index (κ1) is 25.4. The number of hydrogen-bond donors (Lipinski definition) is 1. The molecule has 172 valence electrons. The van der Waals surface area contributed by atoms with Crippen LogP contribution in [0, 0.1) is 17.8 Å². The molecule has 0 aromatic heterocycles. The van der Waals surface area contributed by atoms with Crippen molar-refractivity contribution in [3.05, 3.63) is 29.3 Å². The van der Waals surface area contributed by atoms with E-state index in [1.54, 1.807) is 6.07 Å². The smallest absolute Gasteiger partial charge is 0.413 e. The number of halogens is 3. The molecule has 0 radical (unpaired) electrons. The van der Waals surface area contributed by atoms with Crippen molar-refractivity contribution in [2.45, 2.75) is 64.5 Å². The predicted molar refractivity (Wildman–Crippen MR) is 120 cm³/mol. The molecule has 8 heteroatoms. The van der Waals surface area contributed by atoms with Gasteiger partial charge in [-0.15, -0.1) is 0 Å². The molecule has 0 unspecified atom stereocenters. The second kappa shape index (κ2) is 9.76. The highest BCUT2D eigenvalue weighted by Gasteiger charge is 2.39. The number of likely N-dealkylation sites (tertiary alicyclic amines) is 1. The van der Waals surface area contributed by atoms with Gasteiger partial charge in [-0.2, -0.15) is 13.2 Å². The molecule has 1 aromatic rings. The lowest BCUT2D eigenvalue weighted by Crippen LogP contribution is -2.40. The minimum absolute atomic E-state index is 0.00488. The summed E-state index contributed by atoms with van der Waals surface area (Å²) in [6.45, 7) is 12.9. The van der Waals surface area contributed by atoms with Crippen molar-refractivity contribution in [2.24, 2.45) is 5.92 Å². The Morgan fingerprint density at radius 2 is 1.84 bits per heavy atom. The van der Waals surface area contributed by atoms with E-state index in [1.807, 2.05) is 5.32 Å². The molecule has 0 bridgehead atoms. The maximum absolute atomic E-state index is 12.6. The monoisotopic (exact) mass is 454 g/mol. The van der Waals surface area contributed by atoms with Gasteiger partial charge in [-0.25, -0.2) is 0 Å². The fourth-order valence-corrected chi connectivity index (χ4v) is 3.87. The number of alkyl halides is 3. The van der Waals surface area contributed by atoms with Crippen LogP contribution in [0.4, 0.5) is 18.9 Å². The van der Waals surface area contributed by atoms with Crippen LogP contribution in [0.15, 0.2) is 18.2 Å². The molecular weight excluding hydrogens is 421 g/mol. The molecule has 1 amide bonds. The Bertz CT molecular complexity index is 843. The quantitative estimate of drug-likeness (QED) is 0.489. The third-order valence-corrected chi connectivity index (χ3v) is 10.6. The summed E-state index contributed by atoms with van der Waals surface area (Å²) in [7, 11) is 0.0173. The second-order valence-electron chi connectivity index (χ2n) is 9.72. The van der Waals surface area contributed by atoms with Gasteiger partial charge in [0.05, 0.1) is 6.61 Å². The number of rotatable bonds is 4. The van der Waals surface area contributed by atoms with E-state index in [1.165, 1.54) is 12.1 Å². The Balaban J connectivity index is 2.28. The normalized spacial score (nSPS) is 16.5. The van der Waals surface area contributed by atoms with E-state index in [0.717, 1.165) is 31.5 Å². The minimum Gasteiger partial charge on any atom is -0.413 e. The molecule has 2 rings (SSSR count). The number of amides is 1. The predicted octanol–water partition coefficient (Wildman–Crippen LogP) is 5.40. The topological polar surface area (TPSA) is 41.6 Å². The average molecular weight is 455 g/mol. The highest BCUT2D eigenvalue weighted by Crippen LogP contribution is 2.37. The minimum atomic E-state index is -4.94. The summed E-state index contributed by atoms with van der Waals surface area (Å²) in [5, 5.41) is 1.92. The van der Waals surface area contributed by atoms with Crippen LogP contribution in [-0.4, -0.2) is 45.4 Å². The van der Waals surface area contributed by atoms with Crippen molar-refractivity contribution in [1.82, 2.24) is 4.90 Å². The maximum atomic E-state index is 12.6. The highest BCUT2D eigenvalue weighted by molar-refractivity contribution is 6.74. The van der Waals surface area contributed by atoms with Gasteiger partial charge >= 0.3 is 12.1 Å². The van der Waals surface area contributed by atoms with E-state index >= 15 is 0 Å². The standard InChI is InChI=1S/C23H33F3N2O2Si/c1-22(2,3)31(5,6)30-16-19-15-20(27-21(29)23(24,25)26)10-9-18(19)8-7-17-11-13-28(4)14-12-17/h9-10,15,17H,11-14,16H2,1-6H3,(H,27,29). The highest BCUT2D eigenvalue weighted by atomic mass is 28.4. The lowest BCUT2D eigenvalue weighted by atomic mass is 9.97. The molecule has 0 saturated carbocycles. The summed E-state index contributed by atoms with van der Waals surface area (Å²) in [4.78, 5) is 13.6. The number of piperidine rings is 1. The van der Waals surface area contributed by atoms with Crippen molar-refractivity contribution in [3.8, 4) is 11.8 Å². The third kappa shape index (κ3) is 7.37. The third-order valence-electron chi connectivity index (χ3n) is 6.14. The van der Waals surface area contributed by atoms with E-state index in [9.17, 15) is 18.0 Å². The molecule has 31 heavy (non-hydrogen) atoms. The van der Waals surface area contributed by atoms with Gasteiger partial charge in [0.2, 0.25) is 0 Å². The van der Waals surface area contributed by atoms with Crippen LogP contribution in [0.25, 0.3) is 0 Å². The number of anilines is 1. The molecule has 1 fully saturated rings. The SMILES string of the molecule is CN1CCC(C#Cc2ccc(NC(=O)C(F)(F)F)cc2CO[Si](C)(C)C(C)(C)C)CC1. The number of carbonyl (C=O) groups excluding carboxylic acids is 1. The summed E-state index contributed by atoms with van der Waals surface area (Å²) < 4.78 is 44.2. The van der Waals surface area contributed by atoms with Crippen molar-refractivity contribution in [1.29, 1.82) is 0 Å². The van der Waals surface area contributed by atoms with E-state index in [-0.39, 0.29) is 17.3 Å². The zero-order valence-electron chi connectivity index (χ0n) is 19.2. The molecule has 1 aliphatic rings. The molecule has 1 aliphatic heterocycles. The number of hydrogen-bond acceptors (Lipinski definition) is 3. The molecular formula is C23H33F3N2O2Si. The number of nitrogens with one attached hydrogen (secondary N) is 1. The van der Waals surface area contributed by atoms with Crippen LogP contribution in [0.3, 0.4) is 0 Å². The van der Waals surface area contributed by atoms with E-state index in [4.69, 9.17) is 4.43 Å². The Kier molecular flexibility index (Phi) is 8.01. The Morgan fingerprint density at radius 3 is 2.39 bits per heavy atom. The molecule has 1 aromatic carbocycles. The van der Waals surface area contributed by atoms with Gasteiger partial charge < -0.3 is 14.6 Å². The molecule has 0 spiro atoms. The zero-order chi connectivity index (χ0) is 23.4. The lowest BCUT2D eigenvalue weighted by Gasteiger charge is -2.36. The van der Waals surface area contributed by atoms with Crippen molar-refractivity contribution >= 4 is 19.9 Å². The van der Waals surface area contributed by atoms with Crippen LogP contribution in [0.2, 0.25) is 18.1 Å². The molecule has 1 N–H and O–H groups in total. The Hall–Kier alpha value is -1.82. The molecule has 0 aliphatic carbocycles. The first-order valence-corrected chi connectivity index (χ1v) is 13.4. The Labute approximate surface area is 184 Å². The molecule has 0 atom stereocenters. The summed E-state index contributed by atoms with van der Waals surface area (Å²) in [5.74, 6) is 4.85. The van der Waals surface area contributed by atoms with E-state index in [2.05, 4.69) is 57.7 Å². The lowest BCUT2D eigenvalue weighted by molar-refractivity contribution is -0.167. The van der Waals surface area contributed by atoms with E-state index in [0.29, 0.717) is 11.5 Å². The molecule has 4 nitrogen and oxygen atoms in total. The first-order chi connectivity index (χ1) is 14.2. The number of nitrogens with zero attached hydrogens (tertiary/aromatic N) is 1. The van der Waals surface area contributed by atoms with E-state index < -0.39 is 20.4 Å². The summed E-state index contributed by atoms with van der Waals surface area (Å²) in [5.41, 5.74) is 1.49. The second-order valence-corrected chi connectivity index (χ2v) is 14.5. The summed E-state index contributed by atoms with van der Waals surface area (Å²) in [6, 6.07) is 4.66.